The Balaban J connectivity index is 1.49. The van der Waals surface area contributed by atoms with Gasteiger partial charge in [0, 0.05) is 6.42 Å². The van der Waals surface area contributed by atoms with Gasteiger partial charge >= 0.3 is 5.97 Å². The summed E-state index contributed by atoms with van der Waals surface area (Å²) in [6, 6.07) is 0. The Hall–Kier alpha value is -1.29. The largest absolute Gasteiger partial charge is 0.481 e. The molecule has 12 N–H and O–H groups in total. The Kier molecular flexibility index (Phi) is 20.4. The zero-order valence-electron chi connectivity index (χ0n) is 33.9. The summed E-state index contributed by atoms with van der Waals surface area (Å²) in [7, 11) is 0. The average molecular weight is 861 g/mol. The number of aliphatic carboxylic acids is 1. The molecule has 0 aromatic rings. The third-order valence-electron chi connectivity index (χ3n) is 11.5. The Morgan fingerprint density at radius 2 is 0.983 bits per heavy atom. The molecule has 0 spiro atoms. The van der Waals surface area contributed by atoms with Crippen molar-refractivity contribution >= 4 is 5.97 Å². The number of aliphatic hydroxyl groups excluding tert-OH is 11. The molecular weight excluding hydrogens is 792 g/mol. The minimum Gasteiger partial charge on any atom is -0.481 e. The molecule has 4 saturated heterocycles. The van der Waals surface area contributed by atoms with E-state index < -0.39 is 148 Å². The molecule has 0 saturated carbocycles. The molecule has 346 valence electrons. The first-order valence-corrected chi connectivity index (χ1v) is 20.8. The summed E-state index contributed by atoms with van der Waals surface area (Å²) in [6.07, 6.45) is -24.6. The Bertz CT molecular complexity index is 1220. The van der Waals surface area contributed by atoms with Crippen LogP contribution >= 0.6 is 0 Å². The summed E-state index contributed by atoms with van der Waals surface area (Å²) < 4.78 is 47.1. The second-order valence-corrected chi connectivity index (χ2v) is 16.0. The van der Waals surface area contributed by atoms with Crippen LogP contribution in [0.1, 0.15) is 91.4 Å². The normalized spacial score (nSPS) is 43.7. The van der Waals surface area contributed by atoms with E-state index in [1.807, 2.05) is 6.92 Å². The number of unbranched alkanes of at least 4 members (excludes halogenated alkanes) is 6. The van der Waals surface area contributed by atoms with Gasteiger partial charge in [-0.1, -0.05) is 51.9 Å². The summed E-state index contributed by atoms with van der Waals surface area (Å²) in [4.78, 5) is 10.7. The van der Waals surface area contributed by atoms with E-state index in [4.69, 9.17) is 43.0 Å². The highest BCUT2D eigenvalue weighted by molar-refractivity contribution is 5.66. The van der Waals surface area contributed by atoms with Crippen molar-refractivity contribution in [3.8, 4) is 0 Å². The predicted molar refractivity (Wildman–Crippen MR) is 198 cm³/mol. The van der Waals surface area contributed by atoms with Crippen LogP contribution in [0.4, 0.5) is 0 Å². The molecule has 4 rings (SSSR count). The molecule has 59 heavy (non-hydrogen) atoms. The second kappa shape index (κ2) is 24.0. The van der Waals surface area contributed by atoms with Crippen LogP contribution in [-0.2, 0) is 42.7 Å². The van der Waals surface area contributed by atoms with Crippen molar-refractivity contribution in [2.45, 2.75) is 220 Å². The van der Waals surface area contributed by atoms with Crippen LogP contribution in [0.15, 0.2) is 0 Å². The molecule has 21 nitrogen and oxygen atoms in total. The molecule has 21 unspecified atom stereocenters. The Morgan fingerprint density at radius 3 is 1.54 bits per heavy atom. The monoisotopic (exact) mass is 860 g/mol. The molecule has 0 bridgehead atoms. The molecule has 4 aliphatic heterocycles. The Labute approximate surface area is 343 Å². The lowest BCUT2D eigenvalue weighted by Gasteiger charge is -2.49. The molecule has 0 aliphatic carbocycles. The lowest BCUT2D eigenvalue weighted by Crippen LogP contribution is -2.67. The topological polar surface area (TPSA) is 334 Å². The SMILES string of the molecule is CCCC(CCCCCCCCCC(=O)O)OC1OC(CO)C(O)C(O)C1OC1OC(CO)C(O)C(O)C1OC1OC(C)C(O)C(OC2OC(C)C(O)C(O)C2O)C1O. The van der Waals surface area contributed by atoms with Crippen LogP contribution in [0.5, 0.6) is 0 Å². The third kappa shape index (κ3) is 13.1. The molecular formula is C38H68O21. The molecule has 4 aliphatic rings. The smallest absolute Gasteiger partial charge is 0.303 e. The van der Waals surface area contributed by atoms with Crippen molar-refractivity contribution in [1.29, 1.82) is 0 Å². The van der Waals surface area contributed by atoms with Crippen molar-refractivity contribution in [3.05, 3.63) is 0 Å². The maximum absolute atomic E-state index is 11.4. The van der Waals surface area contributed by atoms with Crippen molar-refractivity contribution < 1.29 is 104 Å². The van der Waals surface area contributed by atoms with Crippen LogP contribution in [0.3, 0.4) is 0 Å². The molecule has 0 aromatic carbocycles. The van der Waals surface area contributed by atoms with Gasteiger partial charge in [-0.25, -0.2) is 0 Å². The number of carboxylic acid groups (broad SMARTS) is 1. The highest BCUT2D eigenvalue weighted by Gasteiger charge is 2.55. The predicted octanol–water partition coefficient (Wildman–Crippen LogP) is -2.91. The van der Waals surface area contributed by atoms with Crippen molar-refractivity contribution in [2.24, 2.45) is 0 Å². The summed E-state index contributed by atoms with van der Waals surface area (Å²) >= 11 is 0. The summed E-state index contributed by atoms with van der Waals surface area (Å²) in [5.41, 5.74) is 0. The lowest BCUT2D eigenvalue weighted by atomic mass is 9.96. The van der Waals surface area contributed by atoms with Gasteiger partial charge in [-0.2, -0.15) is 0 Å². The quantitative estimate of drug-likeness (QED) is 0.0486. The van der Waals surface area contributed by atoms with Crippen LogP contribution in [0.2, 0.25) is 0 Å². The number of rotatable bonds is 22. The highest BCUT2D eigenvalue weighted by Crippen LogP contribution is 2.35. The fraction of sp³-hybridized carbons (Fsp3) is 0.974. The van der Waals surface area contributed by atoms with Crippen molar-refractivity contribution in [1.82, 2.24) is 0 Å². The molecule has 0 radical (unpaired) electrons. The molecule has 21 heteroatoms. The van der Waals surface area contributed by atoms with E-state index in [9.17, 15) is 61.0 Å². The minimum atomic E-state index is -1.91. The molecule has 21 atom stereocenters. The van der Waals surface area contributed by atoms with Gasteiger partial charge in [0.05, 0.1) is 31.5 Å². The fourth-order valence-electron chi connectivity index (χ4n) is 7.81. The van der Waals surface area contributed by atoms with Gasteiger partial charge in [-0.3, -0.25) is 4.79 Å². The maximum atomic E-state index is 11.4. The minimum absolute atomic E-state index is 0.152. The number of aliphatic hydroxyl groups is 11. The van der Waals surface area contributed by atoms with E-state index in [-0.39, 0.29) is 6.42 Å². The van der Waals surface area contributed by atoms with E-state index >= 15 is 0 Å². The standard InChI is InChI=1S/C38H68O21/c1-4-12-19(13-10-8-6-5-7-9-11-14-22(41)42)54-37-33(28(48)25(45)20(15-39)55-37)59-38-34(29(49)26(46)21(16-40)56-38)58-36-31(51)32(24(44)18(3)53-36)57-35-30(50)27(47)23(43)17(2)52-35/h17-21,23-40,43-51H,4-16H2,1-3H3,(H,41,42). The highest BCUT2D eigenvalue weighted by atomic mass is 16.8. The summed E-state index contributed by atoms with van der Waals surface area (Å²) in [6.45, 7) is 3.26. The van der Waals surface area contributed by atoms with Crippen LogP contribution in [0.25, 0.3) is 0 Å². The van der Waals surface area contributed by atoms with Crippen LogP contribution < -0.4 is 0 Å². The zero-order valence-corrected chi connectivity index (χ0v) is 33.9. The van der Waals surface area contributed by atoms with Gasteiger partial charge in [0.25, 0.3) is 0 Å². The zero-order chi connectivity index (χ0) is 43.6. The van der Waals surface area contributed by atoms with Gasteiger partial charge < -0.3 is 99.2 Å². The summed E-state index contributed by atoms with van der Waals surface area (Å²) in [5.74, 6) is -0.807. The molecule has 4 heterocycles. The van der Waals surface area contributed by atoms with Crippen LogP contribution in [-0.4, -0.2) is 209 Å². The second-order valence-electron chi connectivity index (χ2n) is 16.0. The first-order valence-electron chi connectivity index (χ1n) is 20.8. The average Bonchev–Trinajstić information content (AvgIpc) is 3.20. The van der Waals surface area contributed by atoms with Crippen molar-refractivity contribution in [3.63, 3.8) is 0 Å². The van der Waals surface area contributed by atoms with Crippen molar-refractivity contribution in [2.75, 3.05) is 13.2 Å². The number of hydrogen-bond acceptors (Lipinski definition) is 20. The van der Waals surface area contributed by atoms with E-state index in [0.717, 1.165) is 38.5 Å². The maximum Gasteiger partial charge on any atom is 0.303 e. The van der Waals surface area contributed by atoms with E-state index in [1.165, 1.54) is 13.8 Å². The third-order valence-corrected chi connectivity index (χ3v) is 11.5. The first-order chi connectivity index (χ1) is 28.0. The molecule has 4 fully saturated rings. The van der Waals surface area contributed by atoms with E-state index in [0.29, 0.717) is 25.7 Å². The van der Waals surface area contributed by atoms with Gasteiger partial charge in [0.15, 0.2) is 25.2 Å². The van der Waals surface area contributed by atoms with Gasteiger partial charge in [0.2, 0.25) is 0 Å². The number of carbonyl (C=O) groups is 1. The molecule has 0 amide bonds. The molecule has 0 aromatic heterocycles. The number of hydrogen-bond donors (Lipinski definition) is 12. The lowest BCUT2D eigenvalue weighted by molar-refractivity contribution is -0.400. The summed E-state index contributed by atoms with van der Waals surface area (Å²) in [5, 5.41) is 126. The van der Waals surface area contributed by atoms with Gasteiger partial charge in [-0.15, -0.1) is 0 Å². The fourth-order valence-corrected chi connectivity index (χ4v) is 7.81. The van der Waals surface area contributed by atoms with Gasteiger partial charge in [-0.05, 0) is 33.1 Å². The Morgan fingerprint density at radius 1 is 0.508 bits per heavy atom. The van der Waals surface area contributed by atoms with E-state index in [1.54, 1.807) is 0 Å². The first kappa shape index (κ1) is 50.4. The van der Waals surface area contributed by atoms with Crippen LogP contribution in [0, 0.1) is 0 Å². The van der Waals surface area contributed by atoms with Gasteiger partial charge in [0.1, 0.15) is 85.5 Å². The van der Waals surface area contributed by atoms with E-state index in [2.05, 4.69) is 0 Å². The number of carboxylic acids is 1. The number of ether oxygens (including phenoxy) is 8.